The maximum absolute atomic E-state index is 6.24. The highest BCUT2D eigenvalue weighted by atomic mass is 16.5. The number of rotatable bonds is 12. The van der Waals surface area contributed by atoms with Gasteiger partial charge in [-0.2, -0.15) is 0 Å². The molecule has 3 heteroatoms. The van der Waals surface area contributed by atoms with E-state index in [-0.39, 0.29) is 0 Å². The van der Waals surface area contributed by atoms with Crippen LogP contribution in [0.3, 0.4) is 0 Å². The lowest BCUT2D eigenvalue weighted by Crippen LogP contribution is -2.02. The lowest BCUT2D eigenvalue weighted by atomic mass is 10.1. The Morgan fingerprint density at radius 3 is 1.93 bits per heavy atom. The van der Waals surface area contributed by atoms with Gasteiger partial charge in [0.2, 0.25) is 0 Å². The highest BCUT2D eigenvalue weighted by Gasteiger charge is 2.16. The number of fused-ring (bicyclic) bond motifs is 1. The summed E-state index contributed by atoms with van der Waals surface area (Å²) in [4.78, 5) is 0. The van der Waals surface area contributed by atoms with E-state index >= 15 is 0 Å². The third-order valence-corrected chi connectivity index (χ3v) is 4.89. The van der Waals surface area contributed by atoms with Gasteiger partial charge >= 0.3 is 0 Å². The van der Waals surface area contributed by atoms with E-state index in [1.54, 1.807) is 0 Å². The first kappa shape index (κ1) is 21.0. The zero-order valence-electron chi connectivity index (χ0n) is 17.7. The van der Waals surface area contributed by atoms with Gasteiger partial charge in [-0.15, -0.1) is 0 Å². The van der Waals surface area contributed by atoms with Gasteiger partial charge in [0.05, 0.1) is 13.2 Å². The first-order valence-corrected chi connectivity index (χ1v) is 10.9. The predicted molar refractivity (Wildman–Crippen MR) is 121 cm³/mol. The predicted octanol–water partition coefficient (Wildman–Crippen LogP) is 7.77. The van der Waals surface area contributed by atoms with Crippen molar-refractivity contribution >= 4 is 10.8 Å². The van der Waals surface area contributed by atoms with Crippen LogP contribution < -0.4 is 14.2 Å². The molecule has 0 heterocycles. The first-order chi connectivity index (χ1) is 14.3. The Balaban J connectivity index is 1.95. The van der Waals surface area contributed by atoms with Gasteiger partial charge < -0.3 is 14.2 Å². The normalized spacial score (nSPS) is 10.8. The number of benzene rings is 3. The molecule has 0 fully saturated rings. The molecule has 29 heavy (non-hydrogen) atoms. The van der Waals surface area contributed by atoms with E-state index in [2.05, 4.69) is 26.0 Å². The molecule has 0 N–H and O–H groups in total. The molecule has 3 rings (SSSR count). The monoisotopic (exact) mass is 392 g/mol. The summed E-state index contributed by atoms with van der Waals surface area (Å²) in [5.74, 6) is 3.14. The zero-order valence-corrected chi connectivity index (χ0v) is 17.7. The number of ether oxygens (including phenoxy) is 3. The van der Waals surface area contributed by atoms with Crippen LogP contribution in [0, 0.1) is 0 Å². The van der Waals surface area contributed by atoms with Gasteiger partial charge in [-0.1, -0.05) is 82.0 Å². The maximum Gasteiger partial charge on any atom is 0.173 e. The molecule has 0 bridgehead atoms. The Kier molecular flexibility index (Phi) is 8.24. The molecule has 154 valence electrons. The fourth-order valence-corrected chi connectivity index (χ4v) is 3.31. The topological polar surface area (TPSA) is 27.7 Å². The lowest BCUT2D eigenvalue weighted by Gasteiger charge is -2.18. The molecule has 0 aromatic heterocycles. The van der Waals surface area contributed by atoms with Crippen LogP contribution in [0.2, 0.25) is 0 Å². The molecule has 0 amide bonds. The van der Waals surface area contributed by atoms with Crippen molar-refractivity contribution in [2.24, 2.45) is 0 Å². The van der Waals surface area contributed by atoms with Crippen molar-refractivity contribution in [3.63, 3.8) is 0 Å². The number of hydrogen-bond donors (Lipinski definition) is 0. The average molecular weight is 393 g/mol. The van der Waals surface area contributed by atoms with E-state index in [1.165, 1.54) is 19.3 Å². The third-order valence-electron chi connectivity index (χ3n) is 4.89. The van der Waals surface area contributed by atoms with Gasteiger partial charge in [0, 0.05) is 16.8 Å². The van der Waals surface area contributed by atoms with Crippen LogP contribution in [-0.4, -0.2) is 13.2 Å². The Morgan fingerprint density at radius 2 is 1.24 bits per heavy atom. The quantitative estimate of drug-likeness (QED) is 0.295. The van der Waals surface area contributed by atoms with Crippen molar-refractivity contribution in [2.75, 3.05) is 13.2 Å². The van der Waals surface area contributed by atoms with Gasteiger partial charge in [-0.25, -0.2) is 0 Å². The molecule has 0 saturated carbocycles. The van der Waals surface area contributed by atoms with Crippen LogP contribution in [0.5, 0.6) is 23.0 Å². The third kappa shape index (κ3) is 5.90. The second-order valence-corrected chi connectivity index (χ2v) is 7.27. The summed E-state index contributed by atoms with van der Waals surface area (Å²) in [5.41, 5.74) is 0. The Labute approximate surface area is 174 Å². The molecular weight excluding hydrogens is 360 g/mol. The van der Waals surface area contributed by atoms with Crippen LogP contribution >= 0.6 is 0 Å². The van der Waals surface area contributed by atoms with E-state index < -0.39 is 0 Å². The van der Waals surface area contributed by atoms with Crippen LogP contribution in [0.1, 0.15) is 52.4 Å². The zero-order chi connectivity index (χ0) is 20.3. The summed E-state index contributed by atoms with van der Waals surface area (Å²) in [6, 6.07) is 20.1. The summed E-state index contributed by atoms with van der Waals surface area (Å²) >= 11 is 0. The summed E-state index contributed by atoms with van der Waals surface area (Å²) in [7, 11) is 0. The minimum atomic E-state index is 0.680. The van der Waals surface area contributed by atoms with Crippen molar-refractivity contribution < 1.29 is 14.2 Å². The van der Waals surface area contributed by atoms with Crippen molar-refractivity contribution in [1.82, 2.24) is 0 Å². The second-order valence-electron chi connectivity index (χ2n) is 7.27. The summed E-state index contributed by atoms with van der Waals surface area (Å²) < 4.78 is 18.6. The van der Waals surface area contributed by atoms with Crippen LogP contribution in [0.25, 0.3) is 10.8 Å². The van der Waals surface area contributed by atoms with E-state index in [4.69, 9.17) is 14.2 Å². The Hall–Kier alpha value is -2.68. The SMILES string of the molecule is CCCCCOc1cc(Oc2ccccc2)c(OCCCCC)c2ccccc12. The molecule has 0 saturated heterocycles. The molecule has 0 aliphatic rings. The van der Waals surface area contributed by atoms with Gasteiger partial charge in [-0.05, 0) is 25.0 Å². The molecule has 3 aromatic carbocycles. The molecule has 3 nitrogen and oxygen atoms in total. The number of para-hydroxylation sites is 1. The molecule has 0 aliphatic heterocycles. The van der Waals surface area contributed by atoms with Crippen molar-refractivity contribution in [1.29, 1.82) is 0 Å². The van der Waals surface area contributed by atoms with E-state index in [0.29, 0.717) is 19.0 Å². The first-order valence-electron chi connectivity index (χ1n) is 10.9. The Bertz CT molecular complexity index is 874. The summed E-state index contributed by atoms with van der Waals surface area (Å²) in [6.45, 7) is 5.79. The van der Waals surface area contributed by atoms with Crippen LogP contribution in [0.4, 0.5) is 0 Å². The number of hydrogen-bond acceptors (Lipinski definition) is 3. The second kappa shape index (κ2) is 11.4. The standard InChI is InChI=1S/C26H32O3/c1-3-5-12-18-27-24-20-25(29-21-14-8-7-9-15-21)26(28-19-13-6-4-2)23-17-11-10-16-22(23)24/h7-11,14-17,20H,3-6,12-13,18-19H2,1-2H3. The van der Waals surface area contributed by atoms with Crippen molar-refractivity contribution in [2.45, 2.75) is 52.4 Å². The summed E-state index contributed by atoms with van der Waals surface area (Å²) in [6.07, 6.45) is 6.76. The van der Waals surface area contributed by atoms with E-state index in [1.807, 2.05) is 48.5 Å². The van der Waals surface area contributed by atoms with Gasteiger partial charge in [-0.3, -0.25) is 0 Å². The fourth-order valence-electron chi connectivity index (χ4n) is 3.31. The van der Waals surface area contributed by atoms with E-state index in [0.717, 1.165) is 47.3 Å². The smallest absolute Gasteiger partial charge is 0.173 e. The minimum Gasteiger partial charge on any atom is -0.493 e. The molecule has 0 unspecified atom stereocenters. The summed E-state index contributed by atoms with van der Waals surface area (Å²) in [5, 5.41) is 2.10. The number of unbranched alkanes of at least 4 members (excludes halogenated alkanes) is 4. The molecule has 0 aliphatic carbocycles. The van der Waals surface area contributed by atoms with Crippen molar-refractivity contribution in [3.05, 3.63) is 60.7 Å². The average Bonchev–Trinajstić information content (AvgIpc) is 2.76. The molecule has 0 spiro atoms. The minimum absolute atomic E-state index is 0.680. The van der Waals surface area contributed by atoms with Gasteiger partial charge in [0.25, 0.3) is 0 Å². The fraction of sp³-hybridized carbons (Fsp3) is 0.385. The molecule has 0 radical (unpaired) electrons. The van der Waals surface area contributed by atoms with Crippen LogP contribution in [0.15, 0.2) is 60.7 Å². The Morgan fingerprint density at radius 1 is 0.621 bits per heavy atom. The largest absolute Gasteiger partial charge is 0.493 e. The molecule has 0 atom stereocenters. The van der Waals surface area contributed by atoms with E-state index in [9.17, 15) is 0 Å². The van der Waals surface area contributed by atoms with Crippen molar-refractivity contribution in [3.8, 4) is 23.0 Å². The van der Waals surface area contributed by atoms with Crippen LogP contribution in [-0.2, 0) is 0 Å². The molecular formula is C26H32O3. The van der Waals surface area contributed by atoms with Gasteiger partial charge in [0.1, 0.15) is 11.5 Å². The highest BCUT2D eigenvalue weighted by Crippen LogP contribution is 2.43. The maximum atomic E-state index is 6.24. The molecule has 3 aromatic rings. The lowest BCUT2D eigenvalue weighted by molar-refractivity contribution is 0.291. The highest BCUT2D eigenvalue weighted by molar-refractivity contribution is 5.95. The van der Waals surface area contributed by atoms with Gasteiger partial charge in [0.15, 0.2) is 11.5 Å².